The quantitative estimate of drug-likeness (QED) is 0.628. The van der Waals surface area contributed by atoms with Crippen molar-refractivity contribution in [3.05, 3.63) is 62.4 Å². The van der Waals surface area contributed by atoms with Gasteiger partial charge < -0.3 is 4.74 Å². The molecule has 0 atom stereocenters. The largest absolute Gasteiger partial charge is 0.497 e. The predicted octanol–water partition coefficient (Wildman–Crippen LogP) is 5.48. The Hall–Kier alpha value is -2.08. The van der Waals surface area contributed by atoms with E-state index in [-0.39, 0.29) is 5.91 Å². The summed E-state index contributed by atoms with van der Waals surface area (Å²) in [4.78, 5) is 18.3. The number of ether oxygens (including phenoxy) is 1. The zero-order valence-corrected chi connectivity index (χ0v) is 16.1. The number of benzene rings is 2. The van der Waals surface area contributed by atoms with Gasteiger partial charge in [-0.1, -0.05) is 23.2 Å². The maximum atomic E-state index is 12.5. The number of hydrogen-bond donors (Lipinski definition) is 1. The Morgan fingerprint density at radius 3 is 2.81 bits per heavy atom. The fourth-order valence-corrected chi connectivity index (χ4v) is 4.47. The molecule has 0 fully saturated rings. The van der Waals surface area contributed by atoms with E-state index in [1.54, 1.807) is 25.3 Å². The van der Waals surface area contributed by atoms with Gasteiger partial charge in [0.2, 0.25) is 0 Å². The summed E-state index contributed by atoms with van der Waals surface area (Å²) in [6.07, 6.45) is 1.82. The number of carbonyl (C=O) groups excluding carboxylic acids is 1. The molecule has 0 aliphatic heterocycles. The normalized spacial score (nSPS) is 12.3. The number of nitrogens with one attached hydrogen (secondary N) is 1. The van der Waals surface area contributed by atoms with E-state index in [1.807, 2.05) is 18.2 Å². The number of methoxy groups -OCH3 is 1. The van der Waals surface area contributed by atoms with Crippen molar-refractivity contribution in [2.75, 3.05) is 12.4 Å². The van der Waals surface area contributed by atoms with Gasteiger partial charge in [-0.3, -0.25) is 10.1 Å². The minimum atomic E-state index is -0.298. The lowest BCUT2D eigenvalue weighted by molar-refractivity contribution is 0.102. The number of rotatable bonds is 3. The van der Waals surface area contributed by atoms with Crippen molar-refractivity contribution < 1.29 is 9.53 Å². The Kier molecular flexibility index (Phi) is 4.61. The maximum absolute atomic E-state index is 12.5. The van der Waals surface area contributed by atoms with E-state index < -0.39 is 0 Å². The minimum Gasteiger partial charge on any atom is -0.497 e. The van der Waals surface area contributed by atoms with Gasteiger partial charge in [0.1, 0.15) is 5.75 Å². The molecule has 4 rings (SSSR count). The first-order valence-corrected chi connectivity index (χ1v) is 9.56. The Morgan fingerprint density at radius 2 is 2.04 bits per heavy atom. The van der Waals surface area contributed by atoms with E-state index in [0.717, 1.165) is 29.8 Å². The topological polar surface area (TPSA) is 51.2 Å². The van der Waals surface area contributed by atoms with Crippen molar-refractivity contribution in [2.45, 2.75) is 12.8 Å². The highest BCUT2D eigenvalue weighted by molar-refractivity contribution is 7.16. The number of aryl methyl sites for hydroxylation is 2. The molecule has 0 saturated heterocycles. The Balaban J connectivity index is 1.62. The first-order valence-electron chi connectivity index (χ1n) is 7.98. The number of amides is 1. The van der Waals surface area contributed by atoms with E-state index in [0.29, 0.717) is 20.7 Å². The van der Waals surface area contributed by atoms with Gasteiger partial charge in [0, 0.05) is 15.5 Å². The van der Waals surface area contributed by atoms with Crippen LogP contribution in [0.2, 0.25) is 10.0 Å². The van der Waals surface area contributed by atoms with Crippen LogP contribution in [0.5, 0.6) is 5.75 Å². The van der Waals surface area contributed by atoms with Gasteiger partial charge in [-0.2, -0.15) is 0 Å². The predicted molar refractivity (Wildman–Crippen MR) is 106 cm³/mol. The summed E-state index contributed by atoms with van der Waals surface area (Å²) < 4.78 is 5.30. The second-order valence-corrected chi connectivity index (χ2v) is 7.82. The lowest BCUT2D eigenvalue weighted by atomic mass is 9.93. The average molecular weight is 405 g/mol. The van der Waals surface area contributed by atoms with Gasteiger partial charge in [0.05, 0.1) is 23.4 Å². The fourth-order valence-electron chi connectivity index (χ4n) is 3.01. The number of nitrogens with zero attached hydrogens (tertiary/aromatic N) is 1. The Bertz CT molecular complexity index is 1020. The van der Waals surface area contributed by atoms with Crippen molar-refractivity contribution in [3.8, 4) is 17.0 Å². The number of aromatic nitrogens is 1. The molecule has 132 valence electrons. The number of fused-ring (bicyclic) bond motifs is 3. The lowest BCUT2D eigenvalue weighted by Gasteiger charge is -2.15. The standard InChI is InChI=1S/C19H14Cl2N2O2S/c1-25-12-4-6-13-10(8-12)2-7-16-17(13)22-19(26-16)23-18(24)14-5-3-11(20)9-15(14)21/h3-6,8-9H,2,7H2,1H3,(H,22,23,24). The smallest absolute Gasteiger partial charge is 0.258 e. The maximum Gasteiger partial charge on any atom is 0.258 e. The first kappa shape index (κ1) is 17.3. The van der Waals surface area contributed by atoms with Gasteiger partial charge in [0.25, 0.3) is 5.91 Å². The first-order chi connectivity index (χ1) is 12.5. The average Bonchev–Trinajstić information content (AvgIpc) is 3.03. The lowest BCUT2D eigenvalue weighted by Crippen LogP contribution is -2.12. The molecule has 4 nitrogen and oxygen atoms in total. The minimum absolute atomic E-state index is 0.298. The molecule has 0 bridgehead atoms. The fraction of sp³-hybridized carbons (Fsp3) is 0.158. The molecule has 1 heterocycles. The summed E-state index contributed by atoms with van der Waals surface area (Å²) in [6.45, 7) is 0. The van der Waals surface area contributed by atoms with Crippen molar-refractivity contribution in [1.29, 1.82) is 0 Å². The van der Waals surface area contributed by atoms with Crippen molar-refractivity contribution in [1.82, 2.24) is 4.98 Å². The van der Waals surface area contributed by atoms with E-state index in [2.05, 4.69) is 10.3 Å². The number of hydrogen-bond acceptors (Lipinski definition) is 4. The van der Waals surface area contributed by atoms with Crippen molar-refractivity contribution in [2.24, 2.45) is 0 Å². The Labute approximate surface area is 164 Å². The second-order valence-electron chi connectivity index (χ2n) is 5.89. The molecule has 7 heteroatoms. The number of thiazole rings is 1. The molecule has 0 unspecified atom stereocenters. The zero-order valence-electron chi connectivity index (χ0n) is 13.8. The van der Waals surface area contributed by atoms with Crippen LogP contribution in [0.15, 0.2) is 36.4 Å². The monoisotopic (exact) mass is 404 g/mol. The summed E-state index contributed by atoms with van der Waals surface area (Å²) in [5, 5.41) is 4.21. The molecule has 0 radical (unpaired) electrons. The highest BCUT2D eigenvalue weighted by Crippen LogP contribution is 2.39. The molecule has 1 aromatic heterocycles. The Morgan fingerprint density at radius 1 is 1.19 bits per heavy atom. The summed E-state index contributed by atoms with van der Waals surface area (Å²) in [5.41, 5.74) is 3.60. The molecule has 1 amide bonds. The molecule has 0 spiro atoms. The third kappa shape index (κ3) is 3.18. The van der Waals surface area contributed by atoms with Crippen LogP contribution in [0.1, 0.15) is 20.8 Å². The van der Waals surface area contributed by atoms with Crippen LogP contribution in [0, 0.1) is 0 Å². The summed E-state index contributed by atoms with van der Waals surface area (Å²) in [7, 11) is 1.66. The zero-order chi connectivity index (χ0) is 18.3. The molecule has 2 aromatic carbocycles. The summed E-state index contributed by atoms with van der Waals surface area (Å²) >= 11 is 13.5. The molecule has 26 heavy (non-hydrogen) atoms. The molecule has 3 aromatic rings. The third-order valence-electron chi connectivity index (χ3n) is 4.28. The summed E-state index contributed by atoms with van der Waals surface area (Å²) in [6, 6.07) is 10.8. The van der Waals surface area contributed by atoms with Crippen LogP contribution in [-0.2, 0) is 12.8 Å². The highest BCUT2D eigenvalue weighted by Gasteiger charge is 2.22. The molecule has 0 saturated carbocycles. The number of anilines is 1. The van der Waals surface area contributed by atoms with Gasteiger partial charge >= 0.3 is 0 Å². The molecular weight excluding hydrogens is 391 g/mol. The highest BCUT2D eigenvalue weighted by atomic mass is 35.5. The van der Waals surface area contributed by atoms with E-state index >= 15 is 0 Å². The molecule has 1 N–H and O–H groups in total. The second kappa shape index (κ2) is 6.91. The van der Waals surface area contributed by atoms with Gasteiger partial charge in [0.15, 0.2) is 5.13 Å². The van der Waals surface area contributed by atoms with E-state index in [1.165, 1.54) is 21.8 Å². The van der Waals surface area contributed by atoms with Gasteiger partial charge in [-0.25, -0.2) is 4.98 Å². The van der Waals surface area contributed by atoms with Crippen molar-refractivity contribution >= 4 is 45.6 Å². The molecule has 1 aliphatic rings. The van der Waals surface area contributed by atoms with Crippen LogP contribution in [-0.4, -0.2) is 18.0 Å². The molecule has 1 aliphatic carbocycles. The van der Waals surface area contributed by atoms with E-state index in [4.69, 9.17) is 27.9 Å². The van der Waals surface area contributed by atoms with Crippen LogP contribution >= 0.6 is 34.5 Å². The van der Waals surface area contributed by atoms with Gasteiger partial charge in [-0.05, 0) is 54.8 Å². The van der Waals surface area contributed by atoms with Crippen molar-refractivity contribution in [3.63, 3.8) is 0 Å². The number of carbonyl (C=O) groups is 1. The third-order valence-corrected chi connectivity index (χ3v) is 5.86. The van der Waals surface area contributed by atoms with Crippen LogP contribution in [0.4, 0.5) is 5.13 Å². The van der Waals surface area contributed by atoms with Crippen LogP contribution in [0.3, 0.4) is 0 Å². The van der Waals surface area contributed by atoms with E-state index in [9.17, 15) is 4.79 Å². The summed E-state index contributed by atoms with van der Waals surface area (Å²) in [5.74, 6) is 0.543. The number of halogens is 2. The SMILES string of the molecule is COc1ccc2c(c1)CCc1sc(NC(=O)c3ccc(Cl)cc3Cl)nc1-2. The van der Waals surface area contributed by atoms with Crippen LogP contribution < -0.4 is 10.1 Å². The van der Waals surface area contributed by atoms with Crippen LogP contribution in [0.25, 0.3) is 11.3 Å². The van der Waals surface area contributed by atoms with Gasteiger partial charge in [-0.15, -0.1) is 11.3 Å². The molecular formula is C19H14Cl2N2O2S.